The van der Waals surface area contributed by atoms with Crippen molar-refractivity contribution in [3.63, 3.8) is 0 Å². The summed E-state index contributed by atoms with van der Waals surface area (Å²) in [6, 6.07) is 0.237. The van der Waals surface area contributed by atoms with Gasteiger partial charge in [-0.25, -0.2) is 0 Å². The standard InChI is InChI=1S/C12H27NO/c1-4-7-8-10-11(13)12(9-5-2)14-6-3/h11-12H,4-10,13H2,1-3H3. The molecule has 0 radical (unpaired) electrons. The third-order valence-electron chi connectivity index (χ3n) is 2.57. The van der Waals surface area contributed by atoms with Crippen LogP contribution in [0.2, 0.25) is 0 Å². The first kappa shape index (κ1) is 13.9. The van der Waals surface area contributed by atoms with Crippen LogP contribution in [0.1, 0.15) is 59.3 Å². The van der Waals surface area contributed by atoms with Crippen molar-refractivity contribution in [2.75, 3.05) is 6.61 Å². The van der Waals surface area contributed by atoms with E-state index < -0.39 is 0 Å². The molecule has 0 aromatic rings. The average Bonchev–Trinajstić information content (AvgIpc) is 2.18. The second-order valence-electron chi connectivity index (χ2n) is 3.94. The van der Waals surface area contributed by atoms with E-state index >= 15 is 0 Å². The van der Waals surface area contributed by atoms with Crippen molar-refractivity contribution in [2.45, 2.75) is 71.4 Å². The van der Waals surface area contributed by atoms with Crippen LogP contribution in [0.3, 0.4) is 0 Å². The van der Waals surface area contributed by atoms with Crippen LogP contribution in [0.15, 0.2) is 0 Å². The number of rotatable bonds is 9. The molecule has 0 fully saturated rings. The molecule has 2 N–H and O–H groups in total. The molecule has 2 atom stereocenters. The van der Waals surface area contributed by atoms with Gasteiger partial charge >= 0.3 is 0 Å². The number of hydrogen-bond donors (Lipinski definition) is 1. The Labute approximate surface area is 89.2 Å². The fourth-order valence-corrected chi connectivity index (χ4v) is 1.74. The molecule has 0 aliphatic heterocycles. The van der Waals surface area contributed by atoms with Crippen molar-refractivity contribution in [1.82, 2.24) is 0 Å². The van der Waals surface area contributed by atoms with E-state index in [1.54, 1.807) is 0 Å². The van der Waals surface area contributed by atoms with Gasteiger partial charge in [-0.05, 0) is 19.8 Å². The van der Waals surface area contributed by atoms with Gasteiger partial charge in [0.15, 0.2) is 0 Å². The van der Waals surface area contributed by atoms with Gasteiger partial charge in [-0.2, -0.15) is 0 Å². The molecule has 86 valence electrons. The van der Waals surface area contributed by atoms with Crippen LogP contribution in [0.5, 0.6) is 0 Å². The highest BCUT2D eigenvalue weighted by Crippen LogP contribution is 2.12. The van der Waals surface area contributed by atoms with E-state index in [-0.39, 0.29) is 12.1 Å². The van der Waals surface area contributed by atoms with Gasteiger partial charge in [0.25, 0.3) is 0 Å². The van der Waals surface area contributed by atoms with Crippen LogP contribution >= 0.6 is 0 Å². The number of hydrogen-bond acceptors (Lipinski definition) is 2. The first-order valence-electron chi connectivity index (χ1n) is 6.13. The number of unbranched alkanes of at least 4 members (excludes halogenated alkanes) is 2. The van der Waals surface area contributed by atoms with Crippen molar-refractivity contribution in [2.24, 2.45) is 5.73 Å². The third kappa shape index (κ3) is 6.39. The predicted octanol–water partition coefficient (Wildman–Crippen LogP) is 3.10. The summed E-state index contributed by atoms with van der Waals surface area (Å²) in [5, 5.41) is 0. The summed E-state index contributed by atoms with van der Waals surface area (Å²) in [6.45, 7) is 7.23. The molecular formula is C12H27NO. The van der Waals surface area contributed by atoms with Crippen LogP contribution in [-0.2, 0) is 4.74 Å². The minimum atomic E-state index is 0.237. The molecule has 0 aliphatic carbocycles. The second-order valence-corrected chi connectivity index (χ2v) is 3.94. The van der Waals surface area contributed by atoms with Gasteiger partial charge in [-0.15, -0.1) is 0 Å². The highest BCUT2D eigenvalue weighted by atomic mass is 16.5. The van der Waals surface area contributed by atoms with E-state index in [0.717, 1.165) is 25.9 Å². The summed E-state index contributed by atoms with van der Waals surface area (Å²) in [5.41, 5.74) is 6.11. The molecule has 0 saturated carbocycles. The zero-order chi connectivity index (χ0) is 10.8. The van der Waals surface area contributed by atoms with Crippen LogP contribution in [0, 0.1) is 0 Å². The van der Waals surface area contributed by atoms with E-state index in [4.69, 9.17) is 10.5 Å². The van der Waals surface area contributed by atoms with E-state index in [1.165, 1.54) is 19.3 Å². The molecule has 0 spiro atoms. The van der Waals surface area contributed by atoms with E-state index in [0.29, 0.717) is 0 Å². The van der Waals surface area contributed by atoms with E-state index in [1.807, 2.05) is 6.92 Å². The molecular weight excluding hydrogens is 174 g/mol. The third-order valence-corrected chi connectivity index (χ3v) is 2.57. The first-order valence-corrected chi connectivity index (χ1v) is 6.13. The first-order chi connectivity index (χ1) is 6.76. The van der Waals surface area contributed by atoms with Crippen molar-refractivity contribution in [3.8, 4) is 0 Å². The molecule has 0 saturated heterocycles. The lowest BCUT2D eigenvalue weighted by atomic mass is 10.0. The fourth-order valence-electron chi connectivity index (χ4n) is 1.74. The lowest BCUT2D eigenvalue weighted by molar-refractivity contribution is 0.0353. The monoisotopic (exact) mass is 201 g/mol. The van der Waals surface area contributed by atoms with Crippen molar-refractivity contribution >= 4 is 0 Å². The van der Waals surface area contributed by atoms with Gasteiger partial charge in [0, 0.05) is 12.6 Å². The van der Waals surface area contributed by atoms with Crippen LogP contribution in [-0.4, -0.2) is 18.8 Å². The molecule has 14 heavy (non-hydrogen) atoms. The van der Waals surface area contributed by atoms with Gasteiger partial charge in [-0.3, -0.25) is 0 Å². The molecule has 2 nitrogen and oxygen atoms in total. The molecule has 2 unspecified atom stereocenters. The lowest BCUT2D eigenvalue weighted by Gasteiger charge is -2.23. The summed E-state index contributed by atoms with van der Waals surface area (Å²) in [6.07, 6.45) is 7.44. The Morgan fingerprint density at radius 2 is 1.71 bits per heavy atom. The Kier molecular flexibility index (Phi) is 9.42. The zero-order valence-corrected chi connectivity index (χ0v) is 10.1. The smallest absolute Gasteiger partial charge is 0.0725 e. The maximum absolute atomic E-state index is 6.11. The summed E-state index contributed by atoms with van der Waals surface area (Å²) < 4.78 is 5.65. The van der Waals surface area contributed by atoms with Crippen molar-refractivity contribution < 1.29 is 4.74 Å². The summed E-state index contributed by atoms with van der Waals surface area (Å²) in [5.74, 6) is 0. The maximum atomic E-state index is 6.11. The lowest BCUT2D eigenvalue weighted by Crippen LogP contribution is -2.36. The molecule has 0 aliphatic rings. The maximum Gasteiger partial charge on any atom is 0.0725 e. The Morgan fingerprint density at radius 3 is 2.21 bits per heavy atom. The Hall–Kier alpha value is -0.0800. The van der Waals surface area contributed by atoms with E-state index in [2.05, 4.69) is 13.8 Å². The molecule has 2 heteroatoms. The topological polar surface area (TPSA) is 35.2 Å². The van der Waals surface area contributed by atoms with Gasteiger partial charge in [-0.1, -0.05) is 39.5 Å². The van der Waals surface area contributed by atoms with E-state index in [9.17, 15) is 0 Å². The minimum Gasteiger partial charge on any atom is -0.377 e. The number of nitrogens with two attached hydrogens (primary N) is 1. The minimum absolute atomic E-state index is 0.237. The van der Waals surface area contributed by atoms with Gasteiger partial charge in [0.2, 0.25) is 0 Å². The molecule has 0 heterocycles. The van der Waals surface area contributed by atoms with Crippen LogP contribution in [0.25, 0.3) is 0 Å². The Bertz CT molecular complexity index is 111. The van der Waals surface area contributed by atoms with Gasteiger partial charge < -0.3 is 10.5 Å². The van der Waals surface area contributed by atoms with Crippen molar-refractivity contribution in [1.29, 1.82) is 0 Å². The molecule has 0 rings (SSSR count). The van der Waals surface area contributed by atoms with Crippen LogP contribution < -0.4 is 5.73 Å². The van der Waals surface area contributed by atoms with Gasteiger partial charge in [0.1, 0.15) is 0 Å². The molecule has 0 bridgehead atoms. The summed E-state index contributed by atoms with van der Waals surface area (Å²) in [7, 11) is 0. The zero-order valence-electron chi connectivity index (χ0n) is 10.1. The quantitative estimate of drug-likeness (QED) is 0.582. The summed E-state index contributed by atoms with van der Waals surface area (Å²) in [4.78, 5) is 0. The Morgan fingerprint density at radius 1 is 1.00 bits per heavy atom. The number of ether oxygens (including phenoxy) is 1. The highest BCUT2D eigenvalue weighted by Gasteiger charge is 2.16. The Balaban J connectivity index is 3.69. The highest BCUT2D eigenvalue weighted by molar-refractivity contribution is 4.73. The normalized spacial score (nSPS) is 15.4. The second kappa shape index (κ2) is 9.47. The fraction of sp³-hybridized carbons (Fsp3) is 1.00. The largest absolute Gasteiger partial charge is 0.377 e. The van der Waals surface area contributed by atoms with Gasteiger partial charge in [0.05, 0.1) is 6.10 Å². The van der Waals surface area contributed by atoms with Crippen LogP contribution in [0.4, 0.5) is 0 Å². The molecule has 0 amide bonds. The summed E-state index contributed by atoms with van der Waals surface area (Å²) >= 11 is 0. The van der Waals surface area contributed by atoms with Crippen molar-refractivity contribution in [3.05, 3.63) is 0 Å². The molecule has 0 aromatic carbocycles. The SMILES string of the molecule is CCCCCC(N)C(CCC)OCC. The predicted molar refractivity (Wildman–Crippen MR) is 62.4 cm³/mol. The average molecular weight is 201 g/mol. The molecule has 0 aromatic heterocycles.